The van der Waals surface area contributed by atoms with Crippen molar-refractivity contribution in [2.75, 3.05) is 18.9 Å². The number of rotatable bonds is 7. The molecule has 1 aromatic carbocycles. The number of imide groups is 1. The van der Waals surface area contributed by atoms with Crippen LogP contribution in [-0.4, -0.2) is 39.7 Å². The molecule has 0 unspecified atom stereocenters. The van der Waals surface area contributed by atoms with Gasteiger partial charge in [0, 0.05) is 36.0 Å². The Morgan fingerprint density at radius 1 is 1.25 bits per heavy atom. The van der Waals surface area contributed by atoms with Crippen LogP contribution < -0.4 is 10.1 Å². The number of nitrogens with zero attached hydrogens (tertiary/aromatic N) is 2. The van der Waals surface area contributed by atoms with E-state index in [0.717, 1.165) is 34.5 Å². The minimum atomic E-state index is -0.357. The largest absolute Gasteiger partial charge is 0.504 e. The van der Waals surface area contributed by atoms with Gasteiger partial charge in [0.25, 0.3) is 11.1 Å². The van der Waals surface area contributed by atoms with Gasteiger partial charge in [-0.15, -0.1) is 0 Å². The highest BCUT2D eigenvalue weighted by Crippen LogP contribution is 2.37. The quantitative estimate of drug-likeness (QED) is 0.438. The Labute approximate surface area is 201 Å². The molecule has 0 spiro atoms. The lowest BCUT2D eigenvalue weighted by Crippen LogP contribution is -2.22. The second-order valence-electron chi connectivity index (χ2n) is 7.23. The molecule has 2 N–H and O–H groups in total. The van der Waals surface area contributed by atoms with Crippen molar-refractivity contribution < 1.29 is 19.4 Å². The first-order chi connectivity index (χ1) is 15.2. The van der Waals surface area contributed by atoms with Crippen LogP contribution in [-0.2, 0) is 11.4 Å². The molecule has 0 aliphatic carbocycles. The number of thioether (sulfide) groups is 1. The first-order valence-electron chi connectivity index (χ1n) is 10.3. The topological polar surface area (TPSA) is 91.8 Å². The summed E-state index contributed by atoms with van der Waals surface area (Å²) < 4.78 is 6.38. The number of carbonyl (C=O) groups is 2. The molecule has 172 valence electrons. The van der Waals surface area contributed by atoms with Crippen molar-refractivity contribution in [3.8, 4) is 11.5 Å². The van der Waals surface area contributed by atoms with Gasteiger partial charge < -0.3 is 15.2 Å². The summed E-state index contributed by atoms with van der Waals surface area (Å²) in [6.45, 7) is 9.31. The fraction of sp³-hybridized carbons (Fsp3) is 0.348. The van der Waals surface area contributed by atoms with E-state index in [1.165, 1.54) is 13.1 Å². The molecule has 1 saturated heterocycles. The molecular weight excluding hydrogens is 494 g/mol. The standard InChI is InChI=1S/C21H22BrN3O4S.C2H6/c1-12(2)8-24-15-4-13(9-23-10-15)11-29-18-5-14(16(22)7-17(18)26)6-19-20(27)25(3)21(28)30-19;1-2/h4-7,9-10,12,24,26H,8,11H2,1-3H3;1-2H3/b19-6-;. The summed E-state index contributed by atoms with van der Waals surface area (Å²) in [7, 11) is 1.44. The number of hydrogen-bond acceptors (Lipinski definition) is 7. The molecule has 2 amide bonds. The molecule has 32 heavy (non-hydrogen) atoms. The molecule has 1 fully saturated rings. The number of halogens is 1. The lowest BCUT2D eigenvalue weighted by atomic mass is 10.2. The molecular formula is C23H28BrN3O4S. The third kappa shape index (κ3) is 6.74. The summed E-state index contributed by atoms with van der Waals surface area (Å²) in [6, 6.07) is 5.07. The van der Waals surface area contributed by atoms with Gasteiger partial charge in [-0.05, 0) is 47.5 Å². The number of aromatic hydroxyl groups is 1. The Morgan fingerprint density at radius 3 is 2.59 bits per heavy atom. The molecule has 7 nitrogen and oxygen atoms in total. The number of anilines is 1. The van der Waals surface area contributed by atoms with E-state index in [4.69, 9.17) is 4.74 Å². The number of nitrogens with one attached hydrogen (secondary N) is 1. The fourth-order valence-electron chi connectivity index (χ4n) is 2.62. The predicted molar refractivity (Wildman–Crippen MR) is 133 cm³/mol. The molecule has 3 rings (SSSR count). The average Bonchev–Trinajstić information content (AvgIpc) is 3.01. The van der Waals surface area contributed by atoms with Crippen molar-refractivity contribution >= 4 is 50.6 Å². The predicted octanol–water partition coefficient (Wildman–Crippen LogP) is 5.89. The smallest absolute Gasteiger partial charge is 0.293 e. The second-order valence-corrected chi connectivity index (χ2v) is 9.07. The van der Waals surface area contributed by atoms with Crippen molar-refractivity contribution in [1.82, 2.24) is 9.88 Å². The summed E-state index contributed by atoms with van der Waals surface area (Å²) in [5.41, 5.74) is 2.37. The molecule has 0 saturated carbocycles. The Bertz CT molecular complexity index is 1010. The van der Waals surface area contributed by atoms with Crippen molar-refractivity contribution in [2.45, 2.75) is 34.3 Å². The first-order valence-corrected chi connectivity index (χ1v) is 11.9. The van der Waals surface area contributed by atoms with E-state index < -0.39 is 0 Å². The SMILES string of the molecule is CC.CC(C)CNc1cncc(COc2cc(/C=C3\SC(=O)N(C)C3=O)c(Br)cc2O)c1. The number of phenolic OH excluding ortho intramolecular Hbond substituents is 1. The number of ether oxygens (including phenoxy) is 1. The molecule has 0 bridgehead atoms. The van der Waals surface area contributed by atoms with E-state index in [1.807, 2.05) is 19.9 Å². The molecule has 9 heteroatoms. The van der Waals surface area contributed by atoms with Crippen molar-refractivity contribution in [1.29, 1.82) is 0 Å². The molecule has 1 aromatic heterocycles. The highest BCUT2D eigenvalue weighted by atomic mass is 79.9. The molecule has 0 atom stereocenters. The molecule has 2 heterocycles. The normalized spacial score (nSPS) is 14.6. The monoisotopic (exact) mass is 521 g/mol. The number of phenols is 1. The van der Waals surface area contributed by atoms with Crippen molar-refractivity contribution in [3.63, 3.8) is 0 Å². The second kappa shape index (κ2) is 11.9. The molecule has 0 radical (unpaired) electrons. The summed E-state index contributed by atoms with van der Waals surface area (Å²) in [6.07, 6.45) is 5.05. The van der Waals surface area contributed by atoms with Crippen LogP contribution in [0.25, 0.3) is 6.08 Å². The van der Waals surface area contributed by atoms with E-state index in [2.05, 4.69) is 40.1 Å². The zero-order chi connectivity index (χ0) is 23.8. The number of amides is 2. The lowest BCUT2D eigenvalue weighted by Gasteiger charge is -2.12. The highest BCUT2D eigenvalue weighted by Gasteiger charge is 2.32. The van der Waals surface area contributed by atoms with Crippen molar-refractivity contribution in [3.05, 3.63) is 51.1 Å². The van der Waals surface area contributed by atoms with E-state index in [9.17, 15) is 14.7 Å². The van der Waals surface area contributed by atoms with Crippen LogP contribution in [0.3, 0.4) is 0 Å². The minimum absolute atomic E-state index is 0.0373. The Kier molecular flexibility index (Phi) is 9.59. The zero-order valence-electron chi connectivity index (χ0n) is 18.8. The van der Waals surface area contributed by atoms with Gasteiger partial charge in [0.1, 0.15) is 6.61 Å². The maximum Gasteiger partial charge on any atom is 0.293 e. The molecule has 1 aliphatic heterocycles. The van der Waals surface area contributed by atoms with Crippen LogP contribution in [0.1, 0.15) is 38.8 Å². The summed E-state index contributed by atoms with van der Waals surface area (Å²) in [5, 5.41) is 13.2. The van der Waals surface area contributed by atoms with E-state index in [1.54, 1.807) is 24.5 Å². The Balaban J connectivity index is 0.00000176. The Morgan fingerprint density at radius 2 is 1.97 bits per heavy atom. The van der Waals surface area contributed by atoms with E-state index in [0.29, 0.717) is 20.9 Å². The van der Waals surface area contributed by atoms with Gasteiger partial charge in [0.2, 0.25) is 0 Å². The number of aromatic nitrogens is 1. The maximum atomic E-state index is 12.1. The third-order valence-electron chi connectivity index (χ3n) is 4.26. The van der Waals surface area contributed by atoms with Crippen LogP contribution in [0.5, 0.6) is 11.5 Å². The number of carbonyl (C=O) groups excluding carboxylic acids is 2. The summed E-state index contributed by atoms with van der Waals surface area (Å²) >= 11 is 4.25. The maximum absolute atomic E-state index is 12.1. The highest BCUT2D eigenvalue weighted by molar-refractivity contribution is 9.10. The van der Waals surface area contributed by atoms with Gasteiger partial charge in [-0.2, -0.15) is 0 Å². The van der Waals surface area contributed by atoms with Crippen molar-refractivity contribution in [2.24, 2.45) is 5.92 Å². The average molecular weight is 522 g/mol. The summed E-state index contributed by atoms with van der Waals surface area (Å²) in [4.78, 5) is 29.4. The molecule has 1 aliphatic rings. The number of benzene rings is 1. The third-order valence-corrected chi connectivity index (χ3v) is 5.90. The zero-order valence-corrected chi connectivity index (χ0v) is 21.2. The minimum Gasteiger partial charge on any atom is -0.504 e. The number of pyridine rings is 1. The van der Waals surface area contributed by atoms with Gasteiger partial charge in [-0.1, -0.05) is 43.6 Å². The van der Waals surface area contributed by atoms with Gasteiger partial charge in [0.15, 0.2) is 11.5 Å². The van der Waals surface area contributed by atoms with Gasteiger partial charge in [-0.3, -0.25) is 19.5 Å². The summed E-state index contributed by atoms with van der Waals surface area (Å²) in [5.74, 6) is 0.381. The van der Waals surface area contributed by atoms with Crippen LogP contribution in [0.2, 0.25) is 0 Å². The van der Waals surface area contributed by atoms with E-state index in [-0.39, 0.29) is 29.3 Å². The van der Waals surface area contributed by atoms with Gasteiger partial charge in [-0.25, -0.2) is 0 Å². The van der Waals surface area contributed by atoms with E-state index >= 15 is 0 Å². The lowest BCUT2D eigenvalue weighted by molar-refractivity contribution is -0.121. The molecule has 2 aromatic rings. The van der Waals surface area contributed by atoms with Crippen LogP contribution in [0, 0.1) is 5.92 Å². The Hall–Kier alpha value is -2.52. The number of hydrogen-bond donors (Lipinski definition) is 2. The van der Waals surface area contributed by atoms with Crippen LogP contribution in [0.15, 0.2) is 40.0 Å². The first kappa shape index (κ1) is 25.7. The number of likely N-dealkylation sites (N-methyl/N-ethyl adjacent to an activating group) is 1. The van der Waals surface area contributed by atoms with Crippen LogP contribution >= 0.6 is 27.7 Å². The fourth-order valence-corrected chi connectivity index (χ4v) is 3.88. The van der Waals surface area contributed by atoms with Gasteiger partial charge >= 0.3 is 0 Å². The van der Waals surface area contributed by atoms with Gasteiger partial charge in [0.05, 0.1) is 10.6 Å². The van der Waals surface area contributed by atoms with Crippen LogP contribution in [0.4, 0.5) is 10.5 Å².